The van der Waals surface area contributed by atoms with Crippen molar-refractivity contribution in [2.45, 2.75) is 11.8 Å². The second-order valence-corrected chi connectivity index (χ2v) is 6.11. The van der Waals surface area contributed by atoms with Crippen LogP contribution in [0.5, 0.6) is 0 Å². The highest BCUT2D eigenvalue weighted by Gasteiger charge is 2.16. The molecule has 2 heterocycles. The van der Waals surface area contributed by atoms with Gasteiger partial charge in [-0.15, -0.1) is 0 Å². The first kappa shape index (κ1) is 13.5. The lowest BCUT2D eigenvalue weighted by Gasteiger charge is -2.01. The highest BCUT2D eigenvalue weighted by molar-refractivity contribution is 7.86. The van der Waals surface area contributed by atoms with Crippen LogP contribution >= 0.6 is 23.2 Å². The van der Waals surface area contributed by atoms with Crippen LogP contribution in [0.2, 0.25) is 10.0 Å². The molecular weight excluding hydrogens is 321 g/mol. The molecule has 3 aromatic rings. The first-order valence-electron chi connectivity index (χ1n) is 5.63. The summed E-state index contributed by atoms with van der Waals surface area (Å²) < 4.78 is 20.0. The summed E-state index contributed by atoms with van der Waals surface area (Å²) in [5.74, 6) is 0.725. The Kier molecular flexibility index (Phi) is 3.45. The molecule has 0 aliphatic heterocycles. The van der Waals surface area contributed by atoms with Crippen molar-refractivity contribution < 1.29 is 8.73 Å². The number of anilines is 1. The molecule has 0 saturated carbocycles. The third kappa shape index (κ3) is 2.30. The van der Waals surface area contributed by atoms with Crippen molar-refractivity contribution in [3.05, 3.63) is 40.2 Å². The van der Waals surface area contributed by atoms with Crippen LogP contribution in [0, 0.1) is 6.92 Å². The average molecular weight is 330 g/mol. The van der Waals surface area contributed by atoms with E-state index in [0.29, 0.717) is 20.7 Å². The summed E-state index contributed by atoms with van der Waals surface area (Å²) in [6.45, 7) is 1.68. The molecule has 0 bridgehead atoms. The monoisotopic (exact) mass is 329 g/mol. The summed E-state index contributed by atoms with van der Waals surface area (Å²) >= 11 is 11.9. The van der Waals surface area contributed by atoms with Crippen molar-refractivity contribution in [1.82, 2.24) is 10.1 Å². The van der Waals surface area contributed by atoms with Crippen LogP contribution in [-0.2, 0) is 11.0 Å². The summed E-state index contributed by atoms with van der Waals surface area (Å²) in [6.07, 6.45) is 1.66. The molecule has 5 nitrogen and oxygen atoms in total. The number of halogens is 2. The number of aromatic amines is 1. The Hall–Kier alpha value is -1.50. The van der Waals surface area contributed by atoms with Crippen LogP contribution in [0.15, 0.2) is 33.8 Å². The van der Waals surface area contributed by atoms with Crippen LogP contribution in [0.1, 0.15) is 5.76 Å². The molecule has 0 spiro atoms. The molecule has 104 valence electrons. The summed E-state index contributed by atoms with van der Waals surface area (Å²) in [7, 11) is -1.51. The lowest BCUT2D eigenvalue weighted by molar-refractivity contribution is 0.400. The fourth-order valence-electron chi connectivity index (χ4n) is 1.79. The van der Waals surface area contributed by atoms with Gasteiger partial charge in [-0.3, -0.25) is 4.72 Å². The molecule has 1 unspecified atom stereocenters. The van der Waals surface area contributed by atoms with E-state index in [2.05, 4.69) is 14.9 Å². The van der Waals surface area contributed by atoms with Gasteiger partial charge >= 0.3 is 0 Å². The topological polar surface area (TPSA) is 70.9 Å². The van der Waals surface area contributed by atoms with Crippen LogP contribution in [0.3, 0.4) is 0 Å². The van der Waals surface area contributed by atoms with Gasteiger partial charge in [-0.25, -0.2) is 4.21 Å². The molecule has 0 amide bonds. The minimum Gasteiger partial charge on any atom is -0.360 e. The van der Waals surface area contributed by atoms with Gasteiger partial charge in [0.05, 0.1) is 4.90 Å². The van der Waals surface area contributed by atoms with Crippen molar-refractivity contribution in [3.8, 4) is 0 Å². The van der Waals surface area contributed by atoms with E-state index in [-0.39, 0.29) is 5.82 Å². The van der Waals surface area contributed by atoms with Crippen LogP contribution in [-0.4, -0.2) is 14.3 Å². The number of aryl methyl sites for hydroxylation is 1. The molecule has 0 aliphatic rings. The SMILES string of the molecule is Cc1onc(NS(=O)c2c[nH]c3cc(Cl)ccc23)c1Cl. The largest absolute Gasteiger partial charge is 0.360 e. The van der Waals surface area contributed by atoms with Crippen LogP contribution < -0.4 is 4.72 Å². The fourth-order valence-corrected chi connectivity index (χ4v) is 3.11. The maximum Gasteiger partial charge on any atom is 0.200 e. The van der Waals surface area contributed by atoms with Gasteiger partial charge in [-0.1, -0.05) is 34.4 Å². The fraction of sp³-hybridized carbons (Fsp3) is 0.0833. The molecule has 8 heteroatoms. The van der Waals surface area contributed by atoms with Crippen molar-refractivity contribution in [2.24, 2.45) is 0 Å². The van der Waals surface area contributed by atoms with Crippen molar-refractivity contribution in [1.29, 1.82) is 0 Å². The predicted molar refractivity (Wildman–Crippen MR) is 79.6 cm³/mol. The average Bonchev–Trinajstić information content (AvgIpc) is 2.96. The summed E-state index contributed by atoms with van der Waals surface area (Å²) in [5, 5.41) is 5.46. The van der Waals surface area contributed by atoms with Gasteiger partial charge in [0.1, 0.15) is 5.02 Å². The maximum atomic E-state index is 12.3. The zero-order valence-corrected chi connectivity index (χ0v) is 12.6. The van der Waals surface area contributed by atoms with E-state index in [1.165, 1.54) is 0 Å². The van der Waals surface area contributed by atoms with Gasteiger partial charge in [0, 0.05) is 22.1 Å². The van der Waals surface area contributed by atoms with Gasteiger partial charge in [0.15, 0.2) is 16.7 Å². The smallest absolute Gasteiger partial charge is 0.200 e. The number of hydrogen-bond donors (Lipinski definition) is 2. The zero-order chi connectivity index (χ0) is 14.3. The minimum absolute atomic E-state index is 0.255. The number of nitrogens with zero attached hydrogens (tertiary/aromatic N) is 1. The first-order valence-corrected chi connectivity index (χ1v) is 7.53. The highest BCUT2D eigenvalue weighted by atomic mass is 35.5. The Morgan fingerprint density at radius 2 is 2.20 bits per heavy atom. The molecule has 0 aliphatic carbocycles. The third-order valence-electron chi connectivity index (χ3n) is 2.79. The number of nitrogens with one attached hydrogen (secondary N) is 2. The molecule has 3 rings (SSSR count). The molecule has 20 heavy (non-hydrogen) atoms. The molecule has 2 N–H and O–H groups in total. The van der Waals surface area contributed by atoms with Gasteiger partial charge in [-0.05, 0) is 19.1 Å². The Morgan fingerprint density at radius 3 is 2.90 bits per heavy atom. The van der Waals surface area contributed by atoms with Crippen LogP contribution in [0.25, 0.3) is 10.9 Å². The summed E-state index contributed by atoms with van der Waals surface area (Å²) in [5.41, 5.74) is 0.810. The minimum atomic E-state index is -1.51. The number of hydrogen-bond acceptors (Lipinski definition) is 3. The Balaban J connectivity index is 1.95. The standard InChI is InChI=1S/C12H9Cl2N3O2S/c1-6-11(14)12(16-19-6)17-20(18)10-5-15-9-4-7(13)2-3-8(9)10/h2-5,15H,1H3,(H,16,17). The molecule has 0 fully saturated rings. The van der Waals surface area contributed by atoms with E-state index in [1.54, 1.807) is 31.3 Å². The lowest BCUT2D eigenvalue weighted by atomic mass is 10.2. The third-order valence-corrected chi connectivity index (χ3v) is 4.58. The van der Waals surface area contributed by atoms with E-state index in [0.717, 1.165) is 10.9 Å². The molecule has 1 aromatic carbocycles. The van der Waals surface area contributed by atoms with E-state index in [1.807, 2.05) is 0 Å². The quantitative estimate of drug-likeness (QED) is 0.765. The van der Waals surface area contributed by atoms with E-state index < -0.39 is 11.0 Å². The number of benzene rings is 1. The number of aromatic nitrogens is 2. The molecule has 2 aromatic heterocycles. The molecule has 0 saturated heterocycles. The molecule has 1 atom stereocenters. The van der Waals surface area contributed by atoms with Gasteiger partial charge in [0.2, 0.25) is 5.82 Å². The number of fused-ring (bicyclic) bond motifs is 1. The molecule has 0 radical (unpaired) electrons. The Morgan fingerprint density at radius 1 is 1.40 bits per heavy atom. The predicted octanol–water partition coefficient (Wildman–Crippen LogP) is 3.91. The maximum absolute atomic E-state index is 12.3. The summed E-state index contributed by atoms with van der Waals surface area (Å²) in [6, 6.07) is 5.31. The Bertz CT molecular complexity index is 812. The first-order chi connectivity index (χ1) is 9.56. The second kappa shape index (κ2) is 5.12. The van der Waals surface area contributed by atoms with Gasteiger partial charge in [-0.2, -0.15) is 0 Å². The second-order valence-electron chi connectivity index (χ2n) is 4.11. The number of H-pyrrole nitrogens is 1. The van der Waals surface area contributed by atoms with Crippen molar-refractivity contribution in [3.63, 3.8) is 0 Å². The van der Waals surface area contributed by atoms with Crippen LogP contribution in [0.4, 0.5) is 5.82 Å². The summed E-state index contributed by atoms with van der Waals surface area (Å²) in [4.78, 5) is 3.61. The van der Waals surface area contributed by atoms with Crippen molar-refractivity contribution in [2.75, 3.05) is 4.72 Å². The van der Waals surface area contributed by atoms with E-state index >= 15 is 0 Å². The van der Waals surface area contributed by atoms with E-state index in [9.17, 15) is 4.21 Å². The molecular formula is C12H9Cl2N3O2S. The number of rotatable bonds is 3. The highest BCUT2D eigenvalue weighted by Crippen LogP contribution is 2.28. The normalized spacial score (nSPS) is 12.8. The zero-order valence-electron chi connectivity index (χ0n) is 10.2. The van der Waals surface area contributed by atoms with Gasteiger partial charge < -0.3 is 9.51 Å². The lowest BCUT2D eigenvalue weighted by Crippen LogP contribution is -2.04. The Labute approximate surface area is 126 Å². The van der Waals surface area contributed by atoms with E-state index in [4.69, 9.17) is 27.7 Å². The van der Waals surface area contributed by atoms with Gasteiger partial charge in [0.25, 0.3) is 0 Å². The van der Waals surface area contributed by atoms with Crippen molar-refractivity contribution >= 4 is 50.9 Å².